The van der Waals surface area contributed by atoms with E-state index in [-0.39, 0.29) is 17.5 Å². The highest BCUT2D eigenvalue weighted by atomic mass is 35.5. The van der Waals surface area contributed by atoms with Gasteiger partial charge in [0.1, 0.15) is 5.78 Å². The van der Waals surface area contributed by atoms with E-state index in [0.717, 1.165) is 31.4 Å². The van der Waals surface area contributed by atoms with Crippen LogP contribution in [0.1, 0.15) is 38.2 Å². The van der Waals surface area contributed by atoms with Crippen LogP contribution in [-0.4, -0.2) is 28.2 Å². The van der Waals surface area contributed by atoms with E-state index >= 15 is 0 Å². The molecule has 1 aromatic carbocycles. The molecule has 0 radical (unpaired) electrons. The summed E-state index contributed by atoms with van der Waals surface area (Å²) in [6.45, 7) is 3.19. The van der Waals surface area contributed by atoms with Crippen LogP contribution in [0.4, 0.5) is 5.69 Å². The second-order valence-electron chi connectivity index (χ2n) is 5.56. The molecular weight excluding hydrogens is 292 g/mol. The average Bonchev–Trinajstić information content (AvgIpc) is 2.42. The van der Waals surface area contributed by atoms with Crippen LogP contribution in [0.5, 0.6) is 0 Å². The Morgan fingerprint density at radius 2 is 2.24 bits per heavy atom. The van der Waals surface area contributed by atoms with E-state index in [0.29, 0.717) is 18.0 Å². The lowest BCUT2D eigenvalue weighted by Crippen LogP contribution is -2.40. The Labute approximate surface area is 129 Å². The number of hydrogen-bond donors (Lipinski definition) is 0. The number of hydrogen-bond acceptors (Lipinski definition) is 4. The molecule has 5 nitrogen and oxygen atoms in total. The fraction of sp³-hybridized carbons (Fsp3) is 0.533. The molecule has 1 aliphatic rings. The first-order chi connectivity index (χ1) is 9.97. The minimum Gasteiger partial charge on any atom is -0.300 e. The smallest absolute Gasteiger partial charge is 0.270 e. The Morgan fingerprint density at radius 3 is 2.86 bits per heavy atom. The molecule has 1 saturated heterocycles. The highest BCUT2D eigenvalue weighted by molar-refractivity contribution is 6.31. The average molecular weight is 311 g/mol. The summed E-state index contributed by atoms with van der Waals surface area (Å²) in [5.74, 6) is 0.196. The molecule has 0 saturated carbocycles. The number of non-ortho nitro benzene ring substituents is 1. The maximum absolute atomic E-state index is 11.4. The highest BCUT2D eigenvalue weighted by Gasteiger charge is 2.24. The van der Waals surface area contributed by atoms with Crippen molar-refractivity contribution in [3.8, 4) is 0 Å². The first-order valence-corrected chi connectivity index (χ1v) is 7.51. The Bertz CT molecular complexity index is 548. The summed E-state index contributed by atoms with van der Waals surface area (Å²) in [5.41, 5.74) is 0.875. The summed E-state index contributed by atoms with van der Waals surface area (Å²) in [4.78, 5) is 23.9. The summed E-state index contributed by atoms with van der Waals surface area (Å²) in [6.07, 6.45) is 3.83. The number of likely N-dealkylation sites (tertiary alicyclic amines) is 1. The number of benzene rings is 1. The molecule has 1 fully saturated rings. The van der Waals surface area contributed by atoms with E-state index in [2.05, 4.69) is 4.90 Å². The SMILES string of the molecule is CC(=O)CC1CCCCN1Cc1ccc([N+](=O)[O-])cc1Cl. The fourth-order valence-electron chi connectivity index (χ4n) is 2.83. The maximum Gasteiger partial charge on any atom is 0.270 e. The minimum absolute atomic E-state index is 0.00248. The topological polar surface area (TPSA) is 63.5 Å². The van der Waals surface area contributed by atoms with Gasteiger partial charge in [-0.1, -0.05) is 18.0 Å². The van der Waals surface area contributed by atoms with Crippen molar-refractivity contribution in [2.24, 2.45) is 0 Å². The van der Waals surface area contributed by atoms with Crippen LogP contribution in [0.15, 0.2) is 18.2 Å². The number of rotatable bonds is 5. The van der Waals surface area contributed by atoms with Crippen molar-refractivity contribution >= 4 is 23.1 Å². The molecule has 6 heteroatoms. The number of nitro benzene ring substituents is 1. The van der Waals surface area contributed by atoms with Gasteiger partial charge in [0.25, 0.3) is 5.69 Å². The number of halogens is 1. The van der Waals surface area contributed by atoms with Gasteiger partial charge in [0.15, 0.2) is 0 Å². The second kappa shape index (κ2) is 7.00. The van der Waals surface area contributed by atoms with E-state index in [1.807, 2.05) is 0 Å². The van der Waals surface area contributed by atoms with Gasteiger partial charge in [-0.2, -0.15) is 0 Å². The monoisotopic (exact) mass is 310 g/mol. The fourth-order valence-corrected chi connectivity index (χ4v) is 3.06. The van der Waals surface area contributed by atoms with Gasteiger partial charge in [0, 0.05) is 31.1 Å². The van der Waals surface area contributed by atoms with Crippen LogP contribution in [-0.2, 0) is 11.3 Å². The number of piperidine rings is 1. The van der Waals surface area contributed by atoms with Crippen molar-refractivity contribution in [2.75, 3.05) is 6.54 Å². The zero-order chi connectivity index (χ0) is 15.4. The first kappa shape index (κ1) is 15.9. The number of ketones is 1. The molecule has 0 aromatic heterocycles. The highest BCUT2D eigenvalue weighted by Crippen LogP contribution is 2.27. The molecule has 0 bridgehead atoms. The number of carbonyl (C=O) groups is 1. The van der Waals surface area contributed by atoms with E-state index in [1.165, 1.54) is 12.1 Å². The summed E-state index contributed by atoms with van der Waals surface area (Å²) < 4.78 is 0. The molecule has 1 heterocycles. The first-order valence-electron chi connectivity index (χ1n) is 7.13. The van der Waals surface area contributed by atoms with Crippen molar-refractivity contribution in [2.45, 2.75) is 45.2 Å². The summed E-state index contributed by atoms with van der Waals surface area (Å²) in [6, 6.07) is 4.83. The zero-order valence-corrected chi connectivity index (χ0v) is 12.8. The molecule has 2 rings (SSSR count). The van der Waals surface area contributed by atoms with Crippen LogP contribution in [0.25, 0.3) is 0 Å². The van der Waals surface area contributed by atoms with Gasteiger partial charge in [0.05, 0.1) is 9.95 Å². The molecule has 0 amide bonds. The minimum atomic E-state index is -0.449. The molecule has 114 valence electrons. The molecule has 1 atom stereocenters. The molecular formula is C15H19ClN2O3. The number of nitro groups is 1. The molecule has 0 aliphatic carbocycles. The van der Waals surface area contributed by atoms with Crippen molar-refractivity contribution in [1.82, 2.24) is 4.90 Å². The van der Waals surface area contributed by atoms with Gasteiger partial charge in [0.2, 0.25) is 0 Å². The lowest BCUT2D eigenvalue weighted by Gasteiger charge is -2.35. The Balaban J connectivity index is 2.11. The van der Waals surface area contributed by atoms with Gasteiger partial charge in [-0.3, -0.25) is 19.8 Å². The lowest BCUT2D eigenvalue weighted by molar-refractivity contribution is -0.384. The van der Waals surface area contributed by atoms with E-state index in [9.17, 15) is 14.9 Å². The van der Waals surface area contributed by atoms with Crippen LogP contribution in [0.2, 0.25) is 5.02 Å². The molecule has 1 aromatic rings. The Morgan fingerprint density at radius 1 is 1.48 bits per heavy atom. The predicted octanol–water partition coefficient (Wildman–Crippen LogP) is 3.58. The molecule has 0 spiro atoms. The summed E-state index contributed by atoms with van der Waals surface area (Å²) in [5, 5.41) is 11.1. The number of carbonyl (C=O) groups excluding carboxylic acids is 1. The van der Waals surface area contributed by atoms with E-state index < -0.39 is 4.92 Å². The largest absolute Gasteiger partial charge is 0.300 e. The van der Waals surface area contributed by atoms with Crippen molar-refractivity contribution < 1.29 is 9.72 Å². The molecule has 1 aliphatic heterocycles. The van der Waals surface area contributed by atoms with Gasteiger partial charge in [-0.15, -0.1) is 0 Å². The van der Waals surface area contributed by atoms with Gasteiger partial charge < -0.3 is 0 Å². The van der Waals surface area contributed by atoms with Crippen molar-refractivity contribution in [3.05, 3.63) is 38.9 Å². The van der Waals surface area contributed by atoms with E-state index in [4.69, 9.17) is 11.6 Å². The second-order valence-corrected chi connectivity index (χ2v) is 5.97. The van der Waals surface area contributed by atoms with Gasteiger partial charge in [-0.25, -0.2) is 0 Å². The third kappa shape index (κ3) is 4.25. The van der Waals surface area contributed by atoms with Crippen LogP contribution >= 0.6 is 11.6 Å². The lowest BCUT2D eigenvalue weighted by atomic mass is 9.97. The van der Waals surface area contributed by atoms with Gasteiger partial charge in [-0.05, 0) is 37.9 Å². The van der Waals surface area contributed by atoms with Crippen molar-refractivity contribution in [1.29, 1.82) is 0 Å². The summed E-state index contributed by atoms with van der Waals surface area (Å²) >= 11 is 6.15. The third-order valence-electron chi connectivity index (χ3n) is 3.89. The van der Waals surface area contributed by atoms with E-state index in [1.54, 1.807) is 13.0 Å². The summed E-state index contributed by atoms with van der Waals surface area (Å²) in [7, 11) is 0. The predicted molar refractivity (Wildman–Crippen MR) is 81.5 cm³/mol. The zero-order valence-electron chi connectivity index (χ0n) is 12.0. The maximum atomic E-state index is 11.4. The quantitative estimate of drug-likeness (QED) is 0.616. The molecule has 0 N–H and O–H groups in total. The van der Waals surface area contributed by atoms with Gasteiger partial charge >= 0.3 is 0 Å². The molecule has 1 unspecified atom stereocenters. The Hall–Kier alpha value is -1.46. The van der Waals surface area contributed by atoms with Crippen molar-refractivity contribution in [3.63, 3.8) is 0 Å². The molecule has 21 heavy (non-hydrogen) atoms. The number of Topliss-reactive ketones (excluding diaryl/α,β-unsaturated/α-hetero) is 1. The standard InChI is InChI=1S/C15H19ClN2O3/c1-11(19)8-13-4-2-3-7-17(13)10-12-5-6-14(18(20)21)9-15(12)16/h5-6,9,13H,2-4,7-8,10H2,1H3. The van der Waals surface area contributed by atoms with Crippen LogP contribution < -0.4 is 0 Å². The third-order valence-corrected chi connectivity index (χ3v) is 4.24. The number of nitrogens with zero attached hydrogens (tertiary/aromatic N) is 2. The normalized spacial score (nSPS) is 19.4. The van der Waals surface area contributed by atoms with Crippen LogP contribution in [0, 0.1) is 10.1 Å². The Kier molecular flexibility index (Phi) is 5.31. The van der Waals surface area contributed by atoms with Crippen LogP contribution in [0.3, 0.4) is 0 Å².